The number of aromatic nitrogens is 2. The smallest absolute Gasteiger partial charge is 0.324 e. The van der Waals surface area contributed by atoms with Crippen LogP contribution < -0.4 is 20.3 Å². The summed E-state index contributed by atoms with van der Waals surface area (Å²) in [5, 5.41) is 14.5. The van der Waals surface area contributed by atoms with Crippen LogP contribution in [0.3, 0.4) is 0 Å². The molecule has 0 aliphatic carbocycles. The van der Waals surface area contributed by atoms with E-state index in [9.17, 15) is 4.79 Å². The molecule has 2 N–H and O–H groups in total. The van der Waals surface area contributed by atoms with E-state index < -0.39 is 6.03 Å². The number of ether oxygens (including phenoxy) is 3. The first kappa shape index (κ1) is 22.7. The maximum atomic E-state index is 12.5. The van der Waals surface area contributed by atoms with Crippen molar-refractivity contribution in [1.29, 1.82) is 5.26 Å². The molecule has 4 rings (SSSR count). The van der Waals surface area contributed by atoms with Crippen LogP contribution in [-0.2, 0) is 9.47 Å². The third-order valence-electron chi connectivity index (χ3n) is 5.24. The summed E-state index contributed by atoms with van der Waals surface area (Å²) in [5.41, 5.74) is 0.969. The third-order valence-corrected chi connectivity index (χ3v) is 5.24. The van der Waals surface area contributed by atoms with Crippen LogP contribution in [0.4, 0.5) is 22.2 Å². The van der Waals surface area contributed by atoms with Gasteiger partial charge in [-0.25, -0.2) is 4.79 Å². The fraction of sp³-hybridized carbons (Fsp3) is 0.455. The second kappa shape index (κ2) is 11.4. The molecular formula is C22H27N7O4. The van der Waals surface area contributed by atoms with Crippen LogP contribution >= 0.6 is 0 Å². The molecule has 2 aliphatic rings. The lowest BCUT2D eigenvalue weighted by atomic mass is 10.2. The normalized spacial score (nSPS) is 16.6. The van der Waals surface area contributed by atoms with Gasteiger partial charge < -0.3 is 24.4 Å². The highest BCUT2D eigenvalue weighted by atomic mass is 16.5. The highest BCUT2D eigenvalue weighted by Crippen LogP contribution is 2.20. The van der Waals surface area contributed by atoms with Gasteiger partial charge in [-0.15, -0.1) is 0 Å². The average molecular weight is 454 g/mol. The predicted molar refractivity (Wildman–Crippen MR) is 122 cm³/mol. The summed E-state index contributed by atoms with van der Waals surface area (Å²) < 4.78 is 16.7. The summed E-state index contributed by atoms with van der Waals surface area (Å²) in [4.78, 5) is 25.9. The van der Waals surface area contributed by atoms with Crippen LogP contribution in [0.2, 0.25) is 0 Å². The van der Waals surface area contributed by atoms with Gasteiger partial charge in [-0.2, -0.15) is 15.2 Å². The van der Waals surface area contributed by atoms with Gasteiger partial charge >= 0.3 is 6.03 Å². The van der Waals surface area contributed by atoms with E-state index in [1.807, 2.05) is 11.0 Å². The Labute approximate surface area is 192 Å². The van der Waals surface area contributed by atoms with Crippen LogP contribution in [0.1, 0.15) is 5.56 Å². The Balaban J connectivity index is 1.43. The number of carbonyl (C=O) groups excluding carboxylic acids is 1. The van der Waals surface area contributed by atoms with Crippen LogP contribution in [0.25, 0.3) is 0 Å². The summed E-state index contributed by atoms with van der Waals surface area (Å²) in [6, 6.07) is 9.86. The van der Waals surface area contributed by atoms with Crippen molar-refractivity contribution in [2.24, 2.45) is 0 Å². The van der Waals surface area contributed by atoms with Crippen molar-refractivity contribution in [2.45, 2.75) is 0 Å². The monoisotopic (exact) mass is 453 g/mol. The predicted octanol–water partition coefficient (Wildman–Crippen LogP) is 1.54. The van der Waals surface area contributed by atoms with Crippen molar-refractivity contribution < 1.29 is 19.0 Å². The molecule has 2 amide bonds. The molecule has 0 radical (unpaired) electrons. The van der Waals surface area contributed by atoms with E-state index in [2.05, 4.69) is 25.5 Å². The highest BCUT2D eigenvalue weighted by Gasteiger charge is 2.18. The van der Waals surface area contributed by atoms with Crippen molar-refractivity contribution in [2.75, 3.05) is 81.3 Å². The van der Waals surface area contributed by atoms with Crippen molar-refractivity contribution >= 4 is 23.5 Å². The lowest BCUT2D eigenvalue weighted by Crippen LogP contribution is -2.39. The molecule has 174 valence electrons. The number of anilines is 3. The maximum absolute atomic E-state index is 12.5. The van der Waals surface area contributed by atoms with E-state index in [0.29, 0.717) is 61.8 Å². The van der Waals surface area contributed by atoms with Crippen molar-refractivity contribution in [1.82, 2.24) is 14.9 Å². The Morgan fingerprint density at radius 1 is 1.06 bits per heavy atom. The number of hydrogen-bond donors (Lipinski definition) is 2. The number of carbonyl (C=O) groups is 1. The molecule has 0 bridgehead atoms. The van der Waals surface area contributed by atoms with Crippen molar-refractivity contribution in [3.8, 4) is 11.9 Å². The van der Waals surface area contributed by atoms with Crippen LogP contribution in [0.5, 0.6) is 5.88 Å². The van der Waals surface area contributed by atoms with Gasteiger partial charge in [-0.1, -0.05) is 6.07 Å². The molecule has 2 aromatic rings. The van der Waals surface area contributed by atoms with Gasteiger partial charge in [-0.3, -0.25) is 10.2 Å². The van der Waals surface area contributed by atoms with Gasteiger partial charge in [-0.05, 0) is 18.2 Å². The largest absolute Gasteiger partial charge is 0.476 e. The van der Waals surface area contributed by atoms with E-state index in [0.717, 1.165) is 32.8 Å². The second-order valence-corrected chi connectivity index (χ2v) is 7.57. The minimum absolute atomic E-state index is 0.321. The van der Waals surface area contributed by atoms with E-state index in [1.165, 1.54) is 0 Å². The van der Waals surface area contributed by atoms with Crippen LogP contribution in [0, 0.1) is 11.3 Å². The SMILES string of the molecule is N#Cc1cccc(NC(=O)Nc2cc(OCCN3CCOCC3)nc(N3CCOCC3)n2)c1. The Hall–Kier alpha value is -3.46. The minimum atomic E-state index is -0.476. The van der Waals surface area contributed by atoms with Gasteiger partial charge in [0.25, 0.3) is 0 Å². The molecule has 11 nitrogen and oxygen atoms in total. The maximum Gasteiger partial charge on any atom is 0.324 e. The summed E-state index contributed by atoms with van der Waals surface area (Å²) in [6.45, 7) is 6.94. The number of morpholine rings is 2. The first-order valence-electron chi connectivity index (χ1n) is 10.9. The zero-order chi connectivity index (χ0) is 22.9. The van der Waals surface area contributed by atoms with Gasteiger partial charge in [0.2, 0.25) is 11.8 Å². The molecule has 0 saturated carbocycles. The number of amides is 2. The second-order valence-electron chi connectivity index (χ2n) is 7.57. The van der Waals surface area contributed by atoms with E-state index in [4.69, 9.17) is 19.5 Å². The highest BCUT2D eigenvalue weighted by molar-refractivity contribution is 5.99. The van der Waals surface area contributed by atoms with Gasteiger partial charge in [0.05, 0.1) is 38.1 Å². The molecule has 0 atom stereocenters. The number of hydrogen-bond acceptors (Lipinski definition) is 9. The minimum Gasteiger partial charge on any atom is -0.476 e. The van der Waals surface area contributed by atoms with Crippen molar-refractivity contribution in [3.63, 3.8) is 0 Å². The Bertz CT molecular complexity index is 985. The summed E-state index contributed by atoms with van der Waals surface area (Å²) in [7, 11) is 0. The average Bonchev–Trinajstić information content (AvgIpc) is 2.85. The molecule has 3 heterocycles. The first-order valence-corrected chi connectivity index (χ1v) is 10.9. The van der Waals surface area contributed by atoms with E-state index in [-0.39, 0.29) is 0 Å². The molecular weight excluding hydrogens is 426 g/mol. The lowest BCUT2D eigenvalue weighted by molar-refractivity contribution is 0.0320. The third kappa shape index (κ3) is 6.76. The molecule has 33 heavy (non-hydrogen) atoms. The fourth-order valence-electron chi connectivity index (χ4n) is 3.50. The molecule has 0 spiro atoms. The van der Waals surface area contributed by atoms with Gasteiger partial charge in [0.15, 0.2) is 0 Å². The molecule has 0 unspecified atom stereocenters. The zero-order valence-corrected chi connectivity index (χ0v) is 18.3. The fourth-order valence-corrected chi connectivity index (χ4v) is 3.50. The summed E-state index contributed by atoms with van der Waals surface area (Å²) in [5.74, 6) is 1.19. The lowest BCUT2D eigenvalue weighted by Gasteiger charge is -2.28. The van der Waals surface area contributed by atoms with Gasteiger partial charge in [0.1, 0.15) is 12.4 Å². The number of nitrogens with one attached hydrogen (secondary N) is 2. The zero-order valence-electron chi connectivity index (χ0n) is 18.3. The molecule has 1 aromatic heterocycles. The molecule has 11 heteroatoms. The summed E-state index contributed by atoms with van der Waals surface area (Å²) >= 11 is 0. The molecule has 2 aliphatic heterocycles. The number of rotatable bonds is 7. The Morgan fingerprint density at radius 2 is 1.82 bits per heavy atom. The van der Waals surface area contributed by atoms with Gasteiger partial charge in [0, 0.05) is 44.5 Å². The van der Waals surface area contributed by atoms with E-state index in [1.54, 1.807) is 30.3 Å². The topological polar surface area (TPSA) is 125 Å². The molecule has 2 fully saturated rings. The number of benzene rings is 1. The Kier molecular flexibility index (Phi) is 7.86. The van der Waals surface area contributed by atoms with Crippen LogP contribution in [0.15, 0.2) is 30.3 Å². The standard InChI is InChI=1S/C22H27N7O4/c23-16-17-2-1-3-18(14-17)24-22(30)26-19-15-20(33-13-6-28-4-9-31-10-5-28)27-21(25-19)29-7-11-32-12-8-29/h1-3,14-15H,4-13H2,(H2,24,25,26,27,30). The number of nitrogens with zero attached hydrogens (tertiary/aromatic N) is 5. The van der Waals surface area contributed by atoms with Crippen LogP contribution in [-0.4, -0.2) is 86.7 Å². The molecule has 2 saturated heterocycles. The number of urea groups is 1. The first-order chi connectivity index (χ1) is 16.2. The molecule has 1 aromatic carbocycles. The summed E-state index contributed by atoms with van der Waals surface area (Å²) in [6.07, 6.45) is 0. The van der Waals surface area contributed by atoms with E-state index >= 15 is 0 Å². The quantitative estimate of drug-likeness (QED) is 0.642. The van der Waals surface area contributed by atoms with Crippen molar-refractivity contribution in [3.05, 3.63) is 35.9 Å². The Morgan fingerprint density at radius 3 is 2.58 bits per heavy atom. The number of nitriles is 1.